The summed E-state index contributed by atoms with van der Waals surface area (Å²) in [6.07, 6.45) is 6.05. The van der Waals surface area contributed by atoms with Gasteiger partial charge in [-0.1, -0.05) is 0 Å². The third kappa shape index (κ3) is 6.93. The van der Waals surface area contributed by atoms with E-state index in [-0.39, 0.29) is 11.8 Å². The number of rotatable bonds is 10. The lowest BCUT2D eigenvalue weighted by atomic mass is 9.93. The van der Waals surface area contributed by atoms with E-state index in [2.05, 4.69) is 5.32 Å². The Kier molecular flexibility index (Phi) is 9.47. The Balaban J connectivity index is 1.75. The minimum absolute atomic E-state index is 0.0312. The second-order valence-corrected chi connectivity index (χ2v) is 8.07. The molecule has 0 spiro atoms. The molecular formula is C21H32N2O4S. The first-order valence-corrected chi connectivity index (χ1v) is 11.2. The number of amides is 2. The van der Waals surface area contributed by atoms with E-state index in [1.807, 2.05) is 29.4 Å². The zero-order valence-corrected chi connectivity index (χ0v) is 18.0. The fraction of sp³-hybridized carbons (Fsp3) is 0.619. The molecule has 1 heterocycles. The quantitative estimate of drug-likeness (QED) is 0.644. The first-order chi connectivity index (χ1) is 13.6. The largest absolute Gasteiger partial charge is 0.497 e. The number of benzene rings is 1. The van der Waals surface area contributed by atoms with Crippen molar-refractivity contribution in [2.75, 3.05) is 39.3 Å². The van der Waals surface area contributed by atoms with Crippen LogP contribution in [0.2, 0.25) is 0 Å². The molecule has 0 aromatic heterocycles. The average molecular weight is 409 g/mol. The van der Waals surface area contributed by atoms with Crippen molar-refractivity contribution < 1.29 is 19.1 Å². The number of likely N-dealkylation sites (tertiary alicyclic amines) is 1. The number of hydrogen-bond donors (Lipinski definition) is 1. The summed E-state index contributed by atoms with van der Waals surface area (Å²) in [7, 11) is 3.22. The number of piperidine rings is 1. The highest BCUT2D eigenvalue weighted by atomic mass is 32.2. The molecule has 1 aliphatic heterocycles. The molecular weight excluding hydrogens is 376 g/mol. The van der Waals surface area contributed by atoms with E-state index in [9.17, 15) is 9.59 Å². The van der Waals surface area contributed by atoms with E-state index in [1.165, 1.54) is 0 Å². The molecule has 1 aromatic carbocycles. The van der Waals surface area contributed by atoms with Crippen LogP contribution in [0.5, 0.6) is 11.5 Å². The summed E-state index contributed by atoms with van der Waals surface area (Å²) < 4.78 is 10.6. The summed E-state index contributed by atoms with van der Waals surface area (Å²) >= 11 is 1.70. The van der Waals surface area contributed by atoms with Crippen molar-refractivity contribution in [3.8, 4) is 11.5 Å². The van der Waals surface area contributed by atoms with Crippen molar-refractivity contribution in [3.63, 3.8) is 0 Å². The van der Waals surface area contributed by atoms with Crippen molar-refractivity contribution in [1.29, 1.82) is 0 Å². The van der Waals surface area contributed by atoms with Gasteiger partial charge in [-0.05, 0) is 43.6 Å². The molecule has 1 fully saturated rings. The summed E-state index contributed by atoms with van der Waals surface area (Å²) in [4.78, 5) is 26.5. The van der Waals surface area contributed by atoms with Crippen molar-refractivity contribution in [1.82, 2.24) is 10.2 Å². The second-order valence-electron chi connectivity index (χ2n) is 7.08. The highest BCUT2D eigenvalue weighted by Gasteiger charge is 2.23. The SMILES string of the molecule is COc1ccc(CNC(=O)CCC2CCCN(C(=O)CCSC)C2)c(OC)c1. The topological polar surface area (TPSA) is 67.9 Å². The number of nitrogens with zero attached hydrogens (tertiary/aromatic N) is 1. The zero-order chi connectivity index (χ0) is 20.4. The van der Waals surface area contributed by atoms with Crippen LogP contribution in [0, 0.1) is 5.92 Å². The minimum Gasteiger partial charge on any atom is -0.497 e. The van der Waals surface area contributed by atoms with Gasteiger partial charge in [-0.25, -0.2) is 0 Å². The molecule has 0 aliphatic carbocycles. The van der Waals surface area contributed by atoms with Gasteiger partial charge in [-0.3, -0.25) is 9.59 Å². The molecule has 0 radical (unpaired) electrons. The summed E-state index contributed by atoms with van der Waals surface area (Å²) in [6, 6.07) is 5.57. The van der Waals surface area contributed by atoms with Crippen molar-refractivity contribution >= 4 is 23.6 Å². The van der Waals surface area contributed by atoms with Crippen LogP contribution >= 0.6 is 11.8 Å². The van der Waals surface area contributed by atoms with Crippen LogP contribution in [0.1, 0.15) is 37.7 Å². The fourth-order valence-electron chi connectivity index (χ4n) is 3.49. The van der Waals surface area contributed by atoms with Crippen molar-refractivity contribution in [3.05, 3.63) is 23.8 Å². The molecule has 1 unspecified atom stereocenters. The lowest BCUT2D eigenvalue weighted by Crippen LogP contribution is -2.40. The molecule has 2 amide bonds. The maximum Gasteiger partial charge on any atom is 0.223 e. The molecule has 1 N–H and O–H groups in total. The Hall–Kier alpha value is -1.89. The van der Waals surface area contributed by atoms with Gasteiger partial charge in [0.15, 0.2) is 0 Å². The second kappa shape index (κ2) is 11.8. The molecule has 1 saturated heterocycles. The number of carbonyl (C=O) groups excluding carboxylic acids is 2. The van der Waals surface area contributed by atoms with Crippen molar-refractivity contribution in [2.45, 2.75) is 38.6 Å². The molecule has 1 aliphatic rings. The molecule has 6 nitrogen and oxygen atoms in total. The predicted octanol–water partition coefficient (Wildman–Crippen LogP) is 3.09. The minimum atomic E-state index is 0.0312. The summed E-state index contributed by atoms with van der Waals surface area (Å²) in [5, 5.41) is 2.97. The van der Waals surface area contributed by atoms with E-state index in [0.717, 1.165) is 49.4 Å². The number of nitrogens with one attached hydrogen (secondary N) is 1. The first-order valence-electron chi connectivity index (χ1n) is 9.81. The number of ether oxygens (including phenoxy) is 2. The molecule has 7 heteroatoms. The lowest BCUT2D eigenvalue weighted by molar-refractivity contribution is -0.132. The molecule has 28 heavy (non-hydrogen) atoms. The molecule has 0 saturated carbocycles. The Morgan fingerprint density at radius 3 is 2.79 bits per heavy atom. The van der Waals surface area contributed by atoms with E-state index in [4.69, 9.17) is 9.47 Å². The average Bonchev–Trinajstić information content (AvgIpc) is 2.74. The van der Waals surface area contributed by atoms with Gasteiger partial charge in [0.25, 0.3) is 0 Å². The number of thioether (sulfide) groups is 1. The van der Waals surface area contributed by atoms with E-state index < -0.39 is 0 Å². The van der Waals surface area contributed by atoms with Crippen LogP contribution in [0.4, 0.5) is 0 Å². The molecule has 2 rings (SSSR count). The predicted molar refractivity (Wildman–Crippen MR) is 113 cm³/mol. The van der Waals surface area contributed by atoms with Crippen LogP contribution in [-0.4, -0.2) is 56.0 Å². The first kappa shape index (κ1) is 22.4. The Morgan fingerprint density at radius 1 is 1.25 bits per heavy atom. The van der Waals surface area contributed by atoms with Crippen LogP contribution < -0.4 is 14.8 Å². The van der Waals surface area contributed by atoms with Gasteiger partial charge in [0.2, 0.25) is 11.8 Å². The van der Waals surface area contributed by atoms with Gasteiger partial charge in [-0.15, -0.1) is 0 Å². The molecule has 1 aromatic rings. The standard InChI is InChI=1S/C21H32N2O4S/c1-26-18-8-7-17(19(13-18)27-2)14-22-20(24)9-6-16-5-4-11-23(15-16)21(25)10-12-28-3/h7-8,13,16H,4-6,9-12,14-15H2,1-3H3,(H,22,24). The monoisotopic (exact) mass is 408 g/mol. The van der Waals surface area contributed by atoms with Gasteiger partial charge >= 0.3 is 0 Å². The zero-order valence-electron chi connectivity index (χ0n) is 17.2. The van der Waals surface area contributed by atoms with E-state index >= 15 is 0 Å². The van der Waals surface area contributed by atoms with Crippen LogP contribution in [0.15, 0.2) is 18.2 Å². The van der Waals surface area contributed by atoms with Crippen molar-refractivity contribution in [2.24, 2.45) is 5.92 Å². The normalized spacial score (nSPS) is 16.5. The van der Waals surface area contributed by atoms with E-state index in [1.54, 1.807) is 26.0 Å². The van der Waals surface area contributed by atoms with E-state index in [0.29, 0.717) is 31.1 Å². The summed E-state index contributed by atoms with van der Waals surface area (Å²) in [5.41, 5.74) is 0.917. The van der Waals surface area contributed by atoms with Crippen LogP contribution in [-0.2, 0) is 16.1 Å². The van der Waals surface area contributed by atoms with Gasteiger partial charge in [-0.2, -0.15) is 11.8 Å². The van der Waals surface area contributed by atoms with Crippen LogP contribution in [0.25, 0.3) is 0 Å². The van der Waals surface area contributed by atoms with Gasteiger partial charge in [0.05, 0.1) is 14.2 Å². The molecule has 0 bridgehead atoms. The third-order valence-corrected chi connectivity index (χ3v) is 5.75. The Labute approximate surface area is 172 Å². The number of hydrogen-bond acceptors (Lipinski definition) is 5. The van der Waals surface area contributed by atoms with Gasteiger partial charge in [0.1, 0.15) is 11.5 Å². The Morgan fingerprint density at radius 2 is 2.07 bits per heavy atom. The summed E-state index contributed by atoms with van der Waals surface area (Å²) in [5.74, 6) is 2.98. The third-order valence-electron chi connectivity index (χ3n) is 5.14. The maximum absolute atomic E-state index is 12.3. The number of carbonyl (C=O) groups is 2. The smallest absolute Gasteiger partial charge is 0.223 e. The maximum atomic E-state index is 12.3. The lowest BCUT2D eigenvalue weighted by Gasteiger charge is -2.32. The highest BCUT2D eigenvalue weighted by Crippen LogP contribution is 2.25. The Bertz CT molecular complexity index is 653. The number of methoxy groups -OCH3 is 2. The fourth-order valence-corrected chi connectivity index (χ4v) is 3.87. The summed E-state index contributed by atoms with van der Waals surface area (Å²) in [6.45, 7) is 2.07. The van der Waals surface area contributed by atoms with Crippen LogP contribution in [0.3, 0.4) is 0 Å². The van der Waals surface area contributed by atoms with Gasteiger partial charge in [0, 0.05) is 49.9 Å². The molecule has 156 valence electrons. The molecule has 1 atom stereocenters. The van der Waals surface area contributed by atoms with Gasteiger partial charge < -0.3 is 19.7 Å². The highest BCUT2D eigenvalue weighted by molar-refractivity contribution is 7.98.